The van der Waals surface area contributed by atoms with Gasteiger partial charge in [0.15, 0.2) is 0 Å². The molecule has 0 amide bonds. The van der Waals surface area contributed by atoms with Crippen molar-refractivity contribution in [3.63, 3.8) is 0 Å². The predicted molar refractivity (Wildman–Crippen MR) is 62.6 cm³/mol. The number of hydrogen-bond acceptors (Lipinski definition) is 2. The molecule has 1 atom stereocenters. The molecule has 0 spiro atoms. The van der Waals surface area contributed by atoms with Gasteiger partial charge in [-0.2, -0.15) is 12.6 Å². The van der Waals surface area contributed by atoms with Crippen LogP contribution in [0.1, 0.15) is 48.0 Å². The SMILES string of the molecule is CC(C)(C)CC(CS)OC(C)(C)C. The molecule has 0 heterocycles. The van der Waals surface area contributed by atoms with Gasteiger partial charge < -0.3 is 4.74 Å². The number of thiol groups is 1. The summed E-state index contributed by atoms with van der Waals surface area (Å²) < 4.78 is 5.89. The van der Waals surface area contributed by atoms with Crippen molar-refractivity contribution < 1.29 is 4.74 Å². The van der Waals surface area contributed by atoms with Crippen molar-refractivity contribution in [3.05, 3.63) is 0 Å². The number of hydrogen-bond donors (Lipinski definition) is 1. The van der Waals surface area contributed by atoms with Gasteiger partial charge in [0.25, 0.3) is 0 Å². The molecule has 0 bridgehead atoms. The Kier molecular flexibility index (Phi) is 4.81. The van der Waals surface area contributed by atoms with E-state index in [0.717, 1.165) is 12.2 Å². The van der Waals surface area contributed by atoms with E-state index in [1.54, 1.807) is 0 Å². The first-order valence-electron chi connectivity index (χ1n) is 4.93. The van der Waals surface area contributed by atoms with Gasteiger partial charge in [0.05, 0.1) is 11.7 Å². The fourth-order valence-corrected chi connectivity index (χ4v) is 1.53. The molecule has 0 aromatic carbocycles. The predicted octanol–water partition coefficient (Wildman–Crippen LogP) is 3.54. The van der Waals surface area contributed by atoms with Gasteiger partial charge in [0.1, 0.15) is 0 Å². The molecule has 0 radical (unpaired) electrons. The lowest BCUT2D eigenvalue weighted by atomic mass is 9.89. The maximum Gasteiger partial charge on any atom is 0.0675 e. The largest absolute Gasteiger partial charge is 0.372 e. The molecule has 0 saturated carbocycles. The van der Waals surface area contributed by atoms with Crippen molar-refractivity contribution in [2.24, 2.45) is 5.41 Å². The van der Waals surface area contributed by atoms with Crippen molar-refractivity contribution in [2.75, 3.05) is 5.75 Å². The lowest BCUT2D eigenvalue weighted by Gasteiger charge is -2.31. The van der Waals surface area contributed by atoms with Crippen LogP contribution in [0.5, 0.6) is 0 Å². The first-order chi connectivity index (χ1) is 5.64. The standard InChI is InChI=1S/C11H24OS/c1-10(2,3)7-9(8-13)12-11(4,5)6/h9,13H,7-8H2,1-6H3. The maximum absolute atomic E-state index is 5.89. The van der Waals surface area contributed by atoms with Crippen LogP contribution in [0.4, 0.5) is 0 Å². The summed E-state index contributed by atoms with van der Waals surface area (Å²) >= 11 is 4.31. The monoisotopic (exact) mass is 204 g/mol. The van der Waals surface area contributed by atoms with E-state index < -0.39 is 0 Å². The van der Waals surface area contributed by atoms with E-state index in [-0.39, 0.29) is 11.7 Å². The van der Waals surface area contributed by atoms with Crippen LogP contribution in [0.3, 0.4) is 0 Å². The van der Waals surface area contributed by atoms with Gasteiger partial charge >= 0.3 is 0 Å². The molecule has 0 aliphatic rings. The topological polar surface area (TPSA) is 9.23 Å². The van der Waals surface area contributed by atoms with Gasteiger partial charge in [0.2, 0.25) is 0 Å². The van der Waals surface area contributed by atoms with Gasteiger partial charge in [0, 0.05) is 5.75 Å². The molecule has 1 nitrogen and oxygen atoms in total. The van der Waals surface area contributed by atoms with Gasteiger partial charge in [-0.25, -0.2) is 0 Å². The minimum atomic E-state index is -0.0569. The lowest BCUT2D eigenvalue weighted by Crippen LogP contribution is -2.31. The van der Waals surface area contributed by atoms with Gasteiger partial charge in [-0.1, -0.05) is 20.8 Å². The Morgan fingerprint density at radius 1 is 1.08 bits per heavy atom. The normalized spacial score (nSPS) is 15.9. The minimum absolute atomic E-state index is 0.0569. The molecule has 0 aliphatic heterocycles. The molecule has 1 unspecified atom stereocenters. The van der Waals surface area contributed by atoms with E-state index in [9.17, 15) is 0 Å². The van der Waals surface area contributed by atoms with Crippen molar-refractivity contribution >= 4 is 12.6 Å². The molecule has 0 aliphatic carbocycles. The first-order valence-corrected chi connectivity index (χ1v) is 5.56. The maximum atomic E-state index is 5.89. The highest BCUT2D eigenvalue weighted by Gasteiger charge is 2.22. The van der Waals surface area contributed by atoms with Crippen LogP contribution in [-0.4, -0.2) is 17.5 Å². The smallest absolute Gasteiger partial charge is 0.0675 e. The average molecular weight is 204 g/mol. The summed E-state index contributed by atoms with van der Waals surface area (Å²) in [5.41, 5.74) is 0.261. The van der Waals surface area contributed by atoms with Gasteiger partial charge in [-0.15, -0.1) is 0 Å². The Morgan fingerprint density at radius 2 is 1.54 bits per heavy atom. The van der Waals surface area contributed by atoms with Crippen LogP contribution in [0, 0.1) is 5.41 Å². The van der Waals surface area contributed by atoms with Crippen molar-refractivity contribution in [1.82, 2.24) is 0 Å². The Morgan fingerprint density at radius 3 is 1.77 bits per heavy atom. The van der Waals surface area contributed by atoms with Crippen LogP contribution in [0.15, 0.2) is 0 Å². The molecule has 0 rings (SSSR count). The fraction of sp³-hybridized carbons (Fsp3) is 1.00. The second-order valence-corrected chi connectivity index (χ2v) is 6.16. The molecule has 0 aromatic heterocycles. The second-order valence-electron chi connectivity index (χ2n) is 5.80. The number of rotatable bonds is 3. The van der Waals surface area contributed by atoms with Crippen molar-refractivity contribution in [1.29, 1.82) is 0 Å². The molecule has 80 valence electrons. The highest BCUT2D eigenvalue weighted by molar-refractivity contribution is 7.80. The van der Waals surface area contributed by atoms with Crippen LogP contribution in [0.25, 0.3) is 0 Å². The summed E-state index contributed by atoms with van der Waals surface area (Å²) in [6.07, 6.45) is 1.33. The quantitative estimate of drug-likeness (QED) is 0.692. The molecule has 13 heavy (non-hydrogen) atoms. The fourth-order valence-electron chi connectivity index (χ4n) is 1.33. The summed E-state index contributed by atoms with van der Waals surface area (Å²) in [6.45, 7) is 13.0. The second kappa shape index (κ2) is 4.70. The van der Waals surface area contributed by atoms with E-state index in [1.165, 1.54) is 0 Å². The van der Waals surface area contributed by atoms with E-state index in [0.29, 0.717) is 5.41 Å². The van der Waals surface area contributed by atoms with E-state index >= 15 is 0 Å². The van der Waals surface area contributed by atoms with Crippen molar-refractivity contribution in [3.8, 4) is 0 Å². The number of ether oxygens (including phenoxy) is 1. The Hall–Kier alpha value is 0.310. The first kappa shape index (κ1) is 13.3. The highest BCUT2D eigenvalue weighted by Crippen LogP contribution is 2.25. The lowest BCUT2D eigenvalue weighted by molar-refractivity contribution is -0.0626. The van der Waals surface area contributed by atoms with E-state index in [2.05, 4.69) is 54.2 Å². The Labute approximate surface area is 88.7 Å². The summed E-state index contributed by atoms with van der Waals surface area (Å²) in [7, 11) is 0. The Bertz CT molecular complexity index is 125. The minimum Gasteiger partial charge on any atom is -0.372 e. The molecule has 0 saturated heterocycles. The third-order valence-corrected chi connectivity index (χ3v) is 1.97. The third kappa shape index (κ3) is 8.63. The van der Waals surface area contributed by atoms with Crippen LogP contribution < -0.4 is 0 Å². The molecule has 0 aromatic rings. The van der Waals surface area contributed by atoms with Crippen LogP contribution >= 0.6 is 12.6 Å². The summed E-state index contributed by atoms with van der Waals surface area (Å²) in [4.78, 5) is 0. The summed E-state index contributed by atoms with van der Waals surface area (Å²) in [6, 6.07) is 0. The zero-order chi connectivity index (χ0) is 10.7. The van der Waals surface area contributed by atoms with Gasteiger partial charge in [-0.05, 0) is 32.6 Å². The molecular formula is C11H24OS. The molecule has 0 fully saturated rings. The van der Waals surface area contributed by atoms with E-state index in [1.807, 2.05) is 0 Å². The van der Waals surface area contributed by atoms with Crippen molar-refractivity contribution in [2.45, 2.75) is 59.7 Å². The molecule has 0 N–H and O–H groups in total. The highest BCUT2D eigenvalue weighted by atomic mass is 32.1. The summed E-state index contributed by atoms with van der Waals surface area (Å²) in [5.74, 6) is 0.800. The zero-order valence-electron chi connectivity index (χ0n) is 9.85. The summed E-state index contributed by atoms with van der Waals surface area (Å²) in [5, 5.41) is 0. The third-order valence-electron chi connectivity index (χ3n) is 1.56. The Balaban J connectivity index is 4.05. The van der Waals surface area contributed by atoms with Crippen LogP contribution in [-0.2, 0) is 4.74 Å². The van der Waals surface area contributed by atoms with Gasteiger partial charge in [-0.3, -0.25) is 0 Å². The molecule has 2 heteroatoms. The average Bonchev–Trinajstić information content (AvgIpc) is 1.79. The van der Waals surface area contributed by atoms with Crippen LogP contribution in [0.2, 0.25) is 0 Å². The zero-order valence-corrected chi connectivity index (χ0v) is 10.7. The molecular weight excluding hydrogens is 180 g/mol. The van der Waals surface area contributed by atoms with E-state index in [4.69, 9.17) is 4.74 Å².